The van der Waals surface area contributed by atoms with Gasteiger partial charge in [0.05, 0.1) is 5.69 Å². The van der Waals surface area contributed by atoms with Crippen LogP contribution in [0.25, 0.3) is 11.3 Å². The molecular weight excluding hydrogens is 368 g/mol. The zero-order chi connectivity index (χ0) is 20.3. The van der Waals surface area contributed by atoms with Crippen molar-refractivity contribution in [2.24, 2.45) is 0 Å². The molecule has 152 valence electrons. The average Bonchev–Trinajstić information content (AvgIpc) is 3.03. The van der Waals surface area contributed by atoms with Crippen LogP contribution in [0.3, 0.4) is 0 Å². The van der Waals surface area contributed by atoms with Crippen LogP contribution in [-0.2, 0) is 11.3 Å². The molecule has 3 N–H and O–H groups in total. The van der Waals surface area contributed by atoms with Crippen molar-refractivity contribution < 1.29 is 14.6 Å². The number of piperazine rings is 1. The van der Waals surface area contributed by atoms with E-state index in [1.807, 2.05) is 20.8 Å². The van der Waals surface area contributed by atoms with Crippen molar-refractivity contribution in [3.63, 3.8) is 0 Å². The Kier molecular flexibility index (Phi) is 6.53. The molecule has 0 bridgehead atoms. The summed E-state index contributed by atoms with van der Waals surface area (Å²) in [7, 11) is 0. The summed E-state index contributed by atoms with van der Waals surface area (Å²) >= 11 is 1.77. The molecule has 1 saturated heterocycles. The molecule has 0 unspecified atom stereocenters. The number of hydrogen-bond acceptors (Lipinski definition) is 3. The van der Waals surface area contributed by atoms with Crippen LogP contribution in [0.1, 0.15) is 36.9 Å². The van der Waals surface area contributed by atoms with Crippen LogP contribution in [0.15, 0.2) is 23.6 Å². The highest BCUT2D eigenvalue weighted by molar-refractivity contribution is 7.09. The maximum atomic E-state index is 12.1. The molecule has 1 aromatic carbocycles. The third-order valence-electron chi connectivity index (χ3n) is 5.20. The minimum atomic E-state index is -0.151. The van der Waals surface area contributed by atoms with Crippen LogP contribution in [0, 0.1) is 13.8 Å². The van der Waals surface area contributed by atoms with Gasteiger partial charge in [0.1, 0.15) is 37.7 Å². The number of hydrogen-bond donors (Lipinski definition) is 3. The van der Waals surface area contributed by atoms with Crippen molar-refractivity contribution in [3.8, 4) is 11.3 Å². The van der Waals surface area contributed by atoms with E-state index < -0.39 is 0 Å². The standard InChI is InChI=1S/C22H32N4OS/c1-16-6-7-18(17(2)12-16)19-15-28-21(23-19)14-26-10-8-25(9-11-26)13-20(27)24-22(3,4)5/h6-7,12,15H,8-11,13-14H2,1-5H3,(H,24,27)/p+2. The lowest BCUT2D eigenvalue weighted by Crippen LogP contribution is -3.28. The highest BCUT2D eigenvalue weighted by Gasteiger charge is 2.26. The molecule has 1 aromatic heterocycles. The Hall–Kier alpha value is -1.76. The molecule has 1 aliphatic rings. The highest BCUT2D eigenvalue weighted by Crippen LogP contribution is 2.25. The van der Waals surface area contributed by atoms with Crippen LogP contribution in [0.4, 0.5) is 0 Å². The van der Waals surface area contributed by atoms with Crippen molar-refractivity contribution in [1.29, 1.82) is 0 Å². The normalized spacial score (nSPS) is 20.2. The summed E-state index contributed by atoms with van der Waals surface area (Å²) in [5.41, 5.74) is 4.76. The summed E-state index contributed by atoms with van der Waals surface area (Å²) < 4.78 is 0. The molecule has 1 fully saturated rings. The maximum Gasteiger partial charge on any atom is 0.275 e. The van der Waals surface area contributed by atoms with Gasteiger partial charge in [-0.2, -0.15) is 0 Å². The lowest BCUT2D eigenvalue weighted by Gasteiger charge is -2.29. The fourth-order valence-corrected chi connectivity index (χ4v) is 4.70. The summed E-state index contributed by atoms with van der Waals surface area (Å²) in [4.78, 5) is 20.0. The molecule has 1 amide bonds. The molecule has 0 radical (unpaired) electrons. The van der Waals surface area contributed by atoms with E-state index in [1.54, 1.807) is 16.2 Å². The second kappa shape index (κ2) is 8.72. The second-order valence-corrected chi connectivity index (χ2v) is 10.0. The number of rotatable bonds is 5. The van der Waals surface area contributed by atoms with E-state index in [2.05, 4.69) is 42.7 Å². The summed E-state index contributed by atoms with van der Waals surface area (Å²) in [6, 6.07) is 6.56. The third-order valence-corrected chi connectivity index (χ3v) is 6.05. The van der Waals surface area contributed by atoms with E-state index in [1.165, 1.54) is 26.6 Å². The van der Waals surface area contributed by atoms with Gasteiger partial charge in [0.2, 0.25) is 0 Å². The number of aryl methyl sites for hydroxylation is 2. The van der Waals surface area contributed by atoms with Crippen molar-refractivity contribution in [2.75, 3.05) is 32.7 Å². The van der Waals surface area contributed by atoms with Crippen molar-refractivity contribution in [3.05, 3.63) is 39.7 Å². The summed E-state index contributed by atoms with van der Waals surface area (Å²) in [6.45, 7) is 16.2. The fraction of sp³-hybridized carbons (Fsp3) is 0.545. The molecule has 0 atom stereocenters. The predicted octanol–water partition coefficient (Wildman–Crippen LogP) is 0.625. The molecule has 0 saturated carbocycles. The summed E-state index contributed by atoms with van der Waals surface area (Å²) in [5, 5.41) is 6.46. The summed E-state index contributed by atoms with van der Waals surface area (Å²) in [5.74, 6) is 0.156. The zero-order valence-electron chi connectivity index (χ0n) is 17.8. The van der Waals surface area contributed by atoms with E-state index in [4.69, 9.17) is 4.98 Å². The van der Waals surface area contributed by atoms with E-state index in [0.717, 1.165) is 38.4 Å². The maximum absolute atomic E-state index is 12.1. The number of carbonyl (C=O) groups is 1. The van der Waals surface area contributed by atoms with Gasteiger partial charge < -0.3 is 15.1 Å². The van der Waals surface area contributed by atoms with Crippen LogP contribution in [0.2, 0.25) is 0 Å². The predicted molar refractivity (Wildman–Crippen MR) is 115 cm³/mol. The molecule has 0 spiro atoms. The van der Waals surface area contributed by atoms with Gasteiger partial charge >= 0.3 is 0 Å². The molecule has 0 aliphatic carbocycles. The van der Waals surface area contributed by atoms with Crippen LogP contribution in [-0.4, -0.2) is 49.2 Å². The van der Waals surface area contributed by atoms with Gasteiger partial charge in [0, 0.05) is 16.5 Å². The van der Waals surface area contributed by atoms with Crippen LogP contribution in [0.5, 0.6) is 0 Å². The lowest BCUT2D eigenvalue weighted by molar-refractivity contribution is -1.02. The quantitative estimate of drug-likeness (QED) is 0.687. The Morgan fingerprint density at radius 3 is 2.46 bits per heavy atom. The van der Waals surface area contributed by atoms with Crippen LogP contribution >= 0.6 is 11.3 Å². The number of carbonyl (C=O) groups excluding carboxylic acids is 1. The number of benzene rings is 1. The average molecular weight is 403 g/mol. The number of nitrogens with zero attached hydrogens (tertiary/aromatic N) is 1. The van der Waals surface area contributed by atoms with Gasteiger partial charge in [-0.3, -0.25) is 4.79 Å². The van der Waals surface area contributed by atoms with E-state index in [0.29, 0.717) is 6.54 Å². The topological polar surface area (TPSA) is 50.9 Å². The number of quaternary nitrogens is 2. The van der Waals surface area contributed by atoms with Gasteiger partial charge in [0.15, 0.2) is 6.54 Å². The molecule has 6 heteroatoms. The Morgan fingerprint density at radius 2 is 1.82 bits per heavy atom. The number of nitrogens with one attached hydrogen (secondary N) is 3. The Balaban J connectivity index is 1.50. The Labute approximate surface area is 172 Å². The Bertz CT molecular complexity index is 816. The van der Waals surface area contributed by atoms with E-state index in [9.17, 15) is 4.79 Å². The lowest BCUT2D eigenvalue weighted by atomic mass is 10.0. The number of aromatic nitrogens is 1. The second-order valence-electron chi connectivity index (χ2n) is 9.10. The van der Waals surface area contributed by atoms with Crippen molar-refractivity contribution in [1.82, 2.24) is 10.3 Å². The first-order valence-electron chi connectivity index (χ1n) is 10.2. The molecule has 1 aliphatic heterocycles. The first-order chi connectivity index (χ1) is 13.2. The smallest absolute Gasteiger partial charge is 0.275 e. The molecule has 28 heavy (non-hydrogen) atoms. The molecule has 3 rings (SSSR count). The monoisotopic (exact) mass is 402 g/mol. The SMILES string of the molecule is Cc1ccc(-c2csc(C[NH+]3CC[NH+](CC(=O)NC(C)(C)C)CC3)n2)c(C)c1. The largest absolute Gasteiger partial charge is 0.347 e. The van der Waals surface area contributed by atoms with Crippen LogP contribution < -0.4 is 15.1 Å². The minimum Gasteiger partial charge on any atom is -0.347 e. The van der Waals surface area contributed by atoms with Gasteiger partial charge in [-0.1, -0.05) is 23.8 Å². The zero-order valence-corrected chi connectivity index (χ0v) is 18.6. The van der Waals surface area contributed by atoms with Gasteiger partial charge in [0.25, 0.3) is 5.91 Å². The number of amides is 1. The summed E-state index contributed by atoms with van der Waals surface area (Å²) in [6.07, 6.45) is 0. The highest BCUT2D eigenvalue weighted by atomic mass is 32.1. The van der Waals surface area contributed by atoms with E-state index >= 15 is 0 Å². The molecule has 2 aromatic rings. The molecule has 2 heterocycles. The van der Waals surface area contributed by atoms with Crippen molar-refractivity contribution >= 4 is 17.2 Å². The van der Waals surface area contributed by atoms with Gasteiger partial charge in [-0.25, -0.2) is 4.98 Å². The van der Waals surface area contributed by atoms with Gasteiger partial charge in [-0.05, 0) is 40.2 Å². The minimum absolute atomic E-state index is 0.151. The first kappa shape index (κ1) is 21.0. The number of thiazole rings is 1. The van der Waals surface area contributed by atoms with E-state index in [-0.39, 0.29) is 11.4 Å². The van der Waals surface area contributed by atoms with Gasteiger partial charge in [-0.15, -0.1) is 11.3 Å². The van der Waals surface area contributed by atoms with Crippen molar-refractivity contribution in [2.45, 2.75) is 46.7 Å². The Morgan fingerprint density at radius 1 is 1.14 bits per heavy atom. The fourth-order valence-electron chi connectivity index (χ4n) is 3.83. The third kappa shape index (κ3) is 5.87. The molecular formula is C22H34N4OS+2. The first-order valence-corrected chi connectivity index (χ1v) is 11.1. The molecule has 5 nitrogen and oxygen atoms in total.